The number of halogens is 1. The number of thioether (sulfide) groups is 1. The zero-order valence-electron chi connectivity index (χ0n) is 18.2. The van der Waals surface area contributed by atoms with Gasteiger partial charge < -0.3 is 14.8 Å². The molecule has 2 heterocycles. The van der Waals surface area contributed by atoms with Gasteiger partial charge >= 0.3 is 0 Å². The van der Waals surface area contributed by atoms with Crippen LogP contribution in [-0.4, -0.2) is 33.9 Å². The average molecular weight is 478 g/mol. The van der Waals surface area contributed by atoms with E-state index < -0.39 is 16.6 Å². The number of aromatic nitrogens is 2. The van der Waals surface area contributed by atoms with Gasteiger partial charge in [0.15, 0.2) is 16.7 Å². The molecule has 0 fully saturated rings. The summed E-state index contributed by atoms with van der Waals surface area (Å²) >= 11 is 1.08. The van der Waals surface area contributed by atoms with Crippen LogP contribution in [0.1, 0.15) is 6.92 Å². The third-order valence-electron chi connectivity index (χ3n) is 5.30. The van der Waals surface area contributed by atoms with E-state index in [1.165, 1.54) is 16.7 Å². The molecule has 9 heteroatoms. The molecule has 34 heavy (non-hydrogen) atoms. The molecular formula is C25H20FN3O4S. The lowest BCUT2D eigenvalue weighted by Gasteiger charge is -2.20. The largest absolute Gasteiger partial charge is 0.486 e. The van der Waals surface area contributed by atoms with Gasteiger partial charge in [-0.15, -0.1) is 0 Å². The van der Waals surface area contributed by atoms with E-state index in [2.05, 4.69) is 10.3 Å². The lowest BCUT2D eigenvalue weighted by Crippen LogP contribution is -2.26. The van der Waals surface area contributed by atoms with Crippen LogP contribution in [0.2, 0.25) is 0 Å². The fourth-order valence-corrected chi connectivity index (χ4v) is 4.53. The van der Waals surface area contributed by atoms with Gasteiger partial charge in [-0.1, -0.05) is 36.0 Å². The fraction of sp³-hybridized carbons (Fsp3) is 0.160. The van der Waals surface area contributed by atoms with Crippen molar-refractivity contribution in [1.82, 2.24) is 9.55 Å². The van der Waals surface area contributed by atoms with Gasteiger partial charge in [0.25, 0.3) is 5.56 Å². The maximum atomic E-state index is 14.7. The molecule has 172 valence electrons. The van der Waals surface area contributed by atoms with E-state index in [4.69, 9.17) is 9.47 Å². The normalized spacial score (nSPS) is 13.5. The highest BCUT2D eigenvalue weighted by Crippen LogP contribution is 2.33. The van der Waals surface area contributed by atoms with Gasteiger partial charge in [0.05, 0.1) is 21.8 Å². The first-order valence-electron chi connectivity index (χ1n) is 10.6. The van der Waals surface area contributed by atoms with Gasteiger partial charge in [-0.3, -0.25) is 14.2 Å². The maximum Gasteiger partial charge on any atom is 0.266 e. The van der Waals surface area contributed by atoms with Crippen LogP contribution in [0.3, 0.4) is 0 Å². The topological polar surface area (TPSA) is 82.5 Å². The zero-order chi connectivity index (χ0) is 23.7. The number of rotatable bonds is 5. The van der Waals surface area contributed by atoms with Gasteiger partial charge in [-0.25, -0.2) is 9.37 Å². The Morgan fingerprint density at radius 2 is 1.79 bits per heavy atom. The zero-order valence-corrected chi connectivity index (χ0v) is 19.0. The third-order valence-corrected chi connectivity index (χ3v) is 6.35. The summed E-state index contributed by atoms with van der Waals surface area (Å²) in [6, 6.07) is 18.0. The monoisotopic (exact) mass is 477 g/mol. The third kappa shape index (κ3) is 4.22. The van der Waals surface area contributed by atoms with Crippen molar-refractivity contribution in [2.24, 2.45) is 0 Å². The molecule has 1 aliphatic rings. The van der Waals surface area contributed by atoms with Crippen LogP contribution in [0.5, 0.6) is 11.5 Å². The van der Waals surface area contributed by atoms with Crippen molar-refractivity contribution >= 4 is 34.3 Å². The smallest absolute Gasteiger partial charge is 0.266 e. The van der Waals surface area contributed by atoms with Crippen LogP contribution >= 0.6 is 11.8 Å². The minimum absolute atomic E-state index is 0.0766. The van der Waals surface area contributed by atoms with Gasteiger partial charge in [0.1, 0.15) is 19.0 Å². The summed E-state index contributed by atoms with van der Waals surface area (Å²) in [4.78, 5) is 30.8. The Balaban J connectivity index is 1.47. The lowest BCUT2D eigenvalue weighted by atomic mass is 10.2. The standard InChI is InChI=1S/C25H20FN3O4S/c1-15(23(30)27-16-10-11-21-22(14-16)33-13-12-32-21)34-25-28-19-8-4-2-6-17(19)24(31)29(25)20-9-5-3-7-18(20)26/h2-11,14-15H,12-13H2,1H3,(H,27,30). The lowest BCUT2D eigenvalue weighted by molar-refractivity contribution is -0.115. The first kappa shape index (κ1) is 22.0. The van der Waals surface area contributed by atoms with Crippen LogP contribution in [-0.2, 0) is 4.79 Å². The number of hydrogen-bond donors (Lipinski definition) is 1. The second kappa shape index (κ2) is 9.18. The van der Waals surface area contributed by atoms with Crippen molar-refractivity contribution in [2.75, 3.05) is 18.5 Å². The number of fused-ring (bicyclic) bond motifs is 2. The molecule has 0 aliphatic carbocycles. The number of benzene rings is 3. The van der Waals surface area contributed by atoms with E-state index >= 15 is 0 Å². The second-order valence-corrected chi connectivity index (χ2v) is 8.92. The molecule has 1 N–H and O–H groups in total. The first-order valence-corrected chi connectivity index (χ1v) is 11.5. The highest BCUT2D eigenvalue weighted by atomic mass is 32.2. The molecule has 3 aromatic carbocycles. The molecule has 7 nitrogen and oxygen atoms in total. The van der Waals surface area contributed by atoms with Gasteiger partial charge in [0.2, 0.25) is 5.91 Å². The molecule has 1 aliphatic heterocycles. The van der Waals surface area contributed by atoms with Crippen molar-refractivity contribution in [3.63, 3.8) is 0 Å². The van der Waals surface area contributed by atoms with Gasteiger partial charge in [-0.05, 0) is 43.3 Å². The summed E-state index contributed by atoms with van der Waals surface area (Å²) in [5.74, 6) is 0.330. The Morgan fingerprint density at radius 3 is 2.62 bits per heavy atom. The molecule has 1 aromatic heterocycles. The van der Waals surface area contributed by atoms with Crippen molar-refractivity contribution < 1.29 is 18.7 Å². The Kier molecular flexibility index (Phi) is 5.93. The number of nitrogens with one attached hydrogen (secondary N) is 1. The van der Waals surface area contributed by atoms with E-state index in [1.807, 2.05) is 0 Å². The molecule has 5 rings (SSSR count). The summed E-state index contributed by atoms with van der Waals surface area (Å²) in [5.41, 5.74) is 0.701. The predicted octanol–water partition coefficient (Wildman–Crippen LogP) is 4.42. The van der Waals surface area contributed by atoms with E-state index in [0.717, 1.165) is 11.8 Å². The number of para-hydroxylation sites is 2. The number of carbonyl (C=O) groups excluding carboxylic acids is 1. The van der Waals surface area contributed by atoms with Crippen molar-refractivity contribution in [3.05, 3.63) is 82.9 Å². The highest BCUT2D eigenvalue weighted by molar-refractivity contribution is 8.00. The van der Waals surface area contributed by atoms with Crippen molar-refractivity contribution in [3.8, 4) is 17.2 Å². The van der Waals surface area contributed by atoms with Crippen molar-refractivity contribution in [1.29, 1.82) is 0 Å². The summed E-state index contributed by atoms with van der Waals surface area (Å²) in [5, 5.41) is 2.80. The second-order valence-electron chi connectivity index (χ2n) is 7.61. The molecule has 1 unspecified atom stereocenters. The molecular weight excluding hydrogens is 457 g/mol. The molecule has 0 saturated carbocycles. The Bertz CT molecular complexity index is 1460. The molecule has 0 saturated heterocycles. The molecule has 1 amide bonds. The number of amides is 1. The highest BCUT2D eigenvalue weighted by Gasteiger charge is 2.22. The van der Waals surface area contributed by atoms with Crippen LogP contribution in [0.15, 0.2) is 76.7 Å². The number of anilines is 1. The summed E-state index contributed by atoms with van der Waals surface area (Å²) in [6.07, 6.45) is 0. The quantitative estimate of drug-likeness (QED) is 0.339. The minimum Gasteiger partial charge on any atom is -0.486 e. The number of nitrogens with zero attached hydrogens (tertiary/aromatic N) is 2. The predicted molar refractivity (Wildman–Crippen MR) is 129 cm³/mol. The number of carbonyl (C=O) groups is 1. The number of hydrogen-bond acceptors (Lipinski definition) is 6. The van der Waals surface area contributed by atoms with Crippen LogP contribution in [0, 0.1) is 5.82 Å². The van der Waals surface area contributed by atoms with Crippen LogP contribution in [0.25, 0.3) is 16.6 Å². The van der Waals surface area contributed by atoms with Crippen molar-refractivity contribution in [2.45, 2.75) is 17.3 Å². The fourth-order valence-electron chi connectivity index (χ4n) is 3.61. The van der Waals surface area contributed by atoms with E-state index in [1.54, 1.807) is 61.5 Å². The van der Waals surface area contributed by atoms with Gasteiger partial charge in [-0.2, -0.15) is 0 Å². The average Bonchev–Trinajstić information content (AvgIpc) is 2.85. The summed E-state index contributed by atoms with van der Waals surface area (Å²) < 4.78 is 27.0. The molecule has 0 radical (unpaired) electrons. The molecule has 4 aromatic rings. The maximum absolute atomic E-state index is 14.7. The van der Waals surface area contributed by atoms with Crippen LogP contribution < -0.4 is 20.3 Å². The number of ether oxygens (including phenoxy) is 2. The SMILES string of the molecule is CC(Sc1nc2ccccc2c(=O)n1-c1ccccc1F)C(=O)Nc1ccc2c(c1)OCCO2. The van der Waals surface area contributed by atoms with Gasteiger partial charge in [0, 0.05) is 11.8 Å². The van der Waals surface area contributed by atoms with E-state index in [-0.39, 0.29) is 16.8 Å². The molecule has 0 spiro atoms. The minimum atomic E-state index is -0.640. The molecule has 0 bridgehead atoms. The Hall–Kier alpha value is -3.85. The molecule has 1 atom stereocenters. The summed E-state index contributed by atoms with van der Waals surface area (Å²) in [6.45, 7) is 2.62. The van der Waals surface area contributed by atoms with E-state index in [0.29, 0.717) is 41.3 Å². The Morgan fingerprint density at radius 1 is 1.06 bits per heavy atom. The van der Waals surface area contributed by atoms with Crippen LogP contribution in [0.4, 0.5) is 10.1 Å². The Labute approximate surface area is 198 Å². The van der Waals surface area contributed by atoms with E-state index in [9.17, 15) is 14.0 Å². The summed E-state index contributed by atoms with van der Waals surface area (Å²) in [7, 11) is 0. The first-order chi connectivity index (χ1) is 16.5.